The maximum Gasteiger partial charge on any atom is 0.134 e. The van der Waals surface area contributed by atoms with Crippen molar-refractivity contribution >= 4 is 15.9 Å². The van der Waals surface area contributed by atoms with Crippen molar-refractivity contribution in [2.45, 2.75) is 19.0 Å². The van der Waals surface area contributed by atoms with Crippen LogP contribution in [0, 0.1) is 5.92 Å². The lowest BCUT2D eigenvalue weighted by Crippen LogP contribution is -2.26. The summed E-state index contributed by atoms with van der Waals surface area (Å²) in [5.74, 6) is 0.560. The highest BCUT2D eigenvalue weighted by Crippen LogP contribution is 2.27. The number of rotatable bonds is 4. The quantitative estimate of drug-likeness (QED) is 0.747. The Labute approximate surface area is 109 Å². The predicted octanol–water partition coefficient (Wildman–Crippen LogP) is 2.18. The molecule has 0 aliphatic heterocycles. The minimum atomic E-state index is 0.205. The molecule has 0 saturated carbocycles. The molecule has 92 valence electrons. The third kappa shape index (κ3) is 3.09. The molecule has 4 heteroatoms. The average molecular weight is 298 g/mol. The van der Waals surface area contributed by atoms with Gasteiger partial charge in [0.1, 0.15) is 5.75 Å². The third-order valence-electron chi connectivity index (χ3n) is 3.03. The van der Waals surface area contributed by atoms with Gasteiger partial charge in [0.2, 0.25) is 0 Å². The summed E-state index contributed by atoms with van der Waals surface area (Å²) in [6, 6.07) is 5.90. The molecule has 3 nitrogen and oxygen atoms in total. The standard InChI is InChI=1S/C13H16BrNO2/c14-12-3-1-2-10(13(12)17)7-15-11-5-4-9(6-11)8-16/h1-5,9,11,15-17H,6-8H2/t9-,11+/m0/s1. The molecule has 1 aromatic carbocycles. The van der Waals surface area contributed by atoms with Crippen molar-refractivity contribution in [3.63, 3.8) is 0 Å². The van der Waals surface area contributed by atoms with Crippen molar-refractivity contribution in [2.24, 2.45) is 5.92 Å². The van der Waals surface area contributed by atoms with E-state index in [0.29, 0.717) is 16.8 Å². The van der Waals surface area contributed by atoms with Crippen LogP contribution in [-0.4, -0.2) is 22.9 Å². The lowest BCUT2D eigenvalue weighted by atomic mass is 10.1. The van der Waals surface area contributed by atoms with E-state index >= 15 is 0 Å². The molecule has 0 spiro atoms. The summed E-state index contributed by atoms with van der Waals surface area (Å²) in [5.41, 5.74) is 0.875. The van der Waals surface area contributed by atoms with Gasteiger partial charge in [-0.05, 0) is 28.4 Å². The maximum absolute atomic E-state index is 9.82. The van der Waals surface area contributed by atoms with E-state index in [0.717, 1.165) is 12.0 Å². The van der Waals surface area contributed by atoms with Gasteiger partial charge in [0.05, 0.1) is 4.47 Å². The molecular weight excluding hydrogens is 282 g/mol. The van der Waals surface area contributed by atoms with E-state index in [4.69, 9.17) is 5.11 Å². The van der Waals surface area contributed by atoms with Crippen molar-refractivity contribution in [3.05, 3.63) is 40.4 Å². The van der Waals surface area contributed by atoms with Crippen LogP contribution in [0.4, 0.5) is 0 Å². The topological polar surface area (TPSA) is 52.5 Å². The first kappa shape index (κ1) is 12.6. The van der Waals surface area contributed by atoms with Gasteiger partial charge >= 0.3 is 0 Å². The normalized spacial score (nSPS) is 23.2. The number of aliphatic hydroxyl groups excluding tert-OH is 1. The van der Waals surface area contributed by atoms with Crippen LogP contribution >= 0.6 is 15.9 Å². The number of hydrogen-bond donors (Lipinski definition) is 3. The average Bonchev–Trinajstić information content (AvgIpc) is 2.79. The second-order valence-corrected chi connectivity index (χ2v) is 5.15. The molecule has 0 unspecified atom stereocenters. The SMILES string of the molecule is OC[C@H]1C=C[C@@H](NCc2cccc(Br)c2O)C1. The van der Waals surface area contributed by atoms with Gasteiger partial charge in [-0.3, -0.25) is 0 Å². The van der Waals surface area contributed by atoms with Crippen LogP contribution in [-0.2, 0) is 6.54 Å². The predicted molar refractivity (Wildman–Crippen MR) is 70.8 cm³/mol. The lowest BCUT2D eigenvalue weighted by molar-refractivity contribution is 0.246. The van der Waals surface area contributed by atoms with Crippen molar-refractivity contribution in [1.29, 1.82) is 0 Å². The van der Waals surface area contributed by atoms with Crippen molar-refractivity contribution in [1.82, 2.24) is 5.32 Å². The van der Waals surface area contributed by atoms with Gasteiger partial charge in [-0.1, -0.05) is 24.3 Å². The molecule has 0 aromatic heterocycles. The first-order chi connectivity index (χ1) is 8.20. The van der Waals surface area contributed by atoms with E-state index in [-0.39, 0.29) is 18.6 Å². The Kier molecular flexibility index (Phi) is 4.20. The maximum atomic E-state index is 9.82. The molecule has 0 radical (unpaired) electrons. The van der Waals surface area contributed by atoms with Crippen LogP contribution in [0.2, 0.25) is 0 Å². The minimum Gasteiger partial charge on any atom is -0.506 e. The Morgan fingerprint density at radius 3 is 2.88 bits per heavy atom. The van der Waals surface area contributed by atoms with Crippen molar-refractivity contribution < 1.29 is 10.2 Å². The summed E-state index contributed by atoms with van der Waals surface area (Å²) in [7, 11) is 0. The molecule has 0 fully saturated rings. The Morgan fingerprint density at radius 1 is 1.35 bits per heavy atom. The highest BCUT2D eigenvalue weighted by molar-refractivity contribution is 9.10. The van der Waals surface area contributed by atoms with Crippen LogP contribution in [0.3, 0.4) is 0 Å². The summed E-state index contributed by atoms with van der Waals surface area (Å²) >= 11 is 3.30. The fourth-order valence-corrected chi connectivity index (χ4v) is 2.41. The van der Waals surface area contributed by atoms with E-state index in [9.17, 15) is 5.11 Å². The number of aromatic hydroxyl groups is 1. The van der Waals surface area contributed by atoms with Crippen LogP contribution in [0.15, 0.2) is 34.8 Å². The van der Waals surface area contributed by atoms with Crippen LogP contribution in [0.25, 0.3) is 0 Å². The first-order valence-electron chi connectivity index (χ1n) is 5.69. The minimum absolute atomic E-state index is 0.205. The summed E-state index contributed by atoms with van der Waals surface area (Å²) in [6.45, 7) is 0.829. The van der Waals surface area contributed by atoms with Gasteiger partial charge in [0.15, 0.2) is 0 Å². The molecular formula is C13H16BrNO2. The number of hydrogen-bond acceptors (Lipinski definition) is 3. The first-order valence-corrected chi connectivity index (χ1v) is 6.49. The Balaban J connectivity index is 1.91. The van der Waals surface area contributed by atoms with Crippen molar-refractivity contribution in [3.8, 4) is 5.75 Å². The zero-order valence-electron chi connectivity index (χ0n) is 9.44. The molecule has 3 N–H and O–H groups in total. The van der Waals surface area contributed by atoms with Gasteiger partial charge < -0.3 is 15.5 Å². The molecule has 0 bridgehead atoms. The molecule has 1 aromatic rings. The Morgan fingerprint density at radius 2 is 2.18 bits per heavy atom. The van der Waals surface area contributed by atoms with Gasteiger partial charge in [-0.2, -0.15) is 0 Å². The van der Waals surface area contributed by atoms with Gasteiger partial charge in [0, 0.05) is 30.7 Å². The molecule has 0 amide bonds. The zero-order valence-corrected chi connectivity index (χ0v) is 11.0. The highest BCUT2D eigenvalue weighted by atomic mass is 79.9. The number of halogens is 1. The number of para-hydroxylation sites is 1. The smallest absolute Gasteiger partial charge is 0.134 e. The number of phenolic OH excluding ortho intramolecular Hbond substituents is 1. The monoisotopic (exact) mass is 297 g/mol. The van der Waals surface area contributed by atoms with Gasteiger partial charge in [-0.25, -0.2) is 0 Å². The molecule has 17 heavy (non-hydrogen) atoms. The molecule has 2 atom stereocenters. The molecule has 2 rings (SSSR count). The van der Waals surface area contributed by atoms with E-state index in [1.165, 1.54) is 0 Å². The number of benzene rings is 1. The second kappa shape index (κ2) is 5.67. The number of aliphatic hydroxyl groups is 1. The van der Waals surface area contributed by atoms with Gasteiger partial charge in [-0.15, -0.1) is 0 Å². The number of phenols is 1. The summed E-state index contributed by atoms with van der Waals surface area (Å²) in [6.07, 6.45) is 5.04. The molecule has 1 aliphatic carbocycles. The zero-order chi connectivity index (χ0) is 12.3. The fourth-order valence-electron chi connectivity index (χ4n) is 2.01. The lowest BCUT2D eigenvalue weighted by Gasteiger charge is -2.13. The summed E-state index contributed by atoms with van der Waals surface area (Å²) < 4.78 is 0.715. The molecule has 0 saturated heterocycles. The summed E-state index contributed by atoms with van der Waals surface area (Å²) in [4.78, 5) is 0. The van der Waals surface area contributed by atoms with Crippen LogP contribution in [0.1, 0.15) is 12.0 Å². The summed E-state index contributed by atoms with van der Waals surface area (Å²) in [5, 5.41) is 22.2. The van der Waals surface area contributed by atoms with Crippen molar-refractivity contribution in [2.75, 3.05) is 6.61 Å². The van der Waals surface area contributed by atoms with Gasteiger partial charge in [0.25, 0.3) is 0 Å². The van der Waals surface area contributed by atoms with Crippen LogP contribution < -0.4 is 5.32 Å². The third-order valence-corrected chi connectivity index (χ3v) is 3.67. The Hall–Kier alpha value is -0.840. The van der Waals surface area contributed by atoms with E-state index in [1.54, 1.807) is 0 Å². The number of nitrogens with one attached hydrogen (secondary N) is 1. The van der Waals surface area contributed by atoms with E-state index < -0.39 is 0 Å². The molecule has 1 aliphatic rings. The molecule has 0 heterocycles. The Bertz CT molecular complexity index is 420. The fraction of sp³-hybridized carbons (Fsp3) is 0.385. The van der Waals surface area contributed by atoms with Crippen LogP contribution in [0.5, 0.6) is 5.75 Å². The largest absolute Gasteiger partial charge is 0.506 e. The van der Waals surface area contributed by atoms with E-state index in [2.05, 4.69) is 27.3 Å². The van der Waals surface area contributed by atoms with E-state index in [1.807, 2.05) is 24.3 Å². The second-order valence-electron chi connectivity index (χ2n) is 4.30. The highest BCUT2D eigenvalue weighted by Gasteiger charge is 2.17.